The molecule has 0 radical (unpaired) electrons. The largest absolute Gasteiger partial charge is 0.434 e. The Morgan fingerprint density at radius 1 is 1.12 bits per heavy atom. The van der Waals surface area contributed by atoms with E-state index in [1.807, 2.05) is 4.90 Å². The second kappa shape index (κ2) is 6.48. The monoisotopic (exact) mass is 343 g/mol. The lowest BCUT2D eigenvalue weighted by atomic mass is 9.68. The fraction of sp³-hybridized carbons (Fsp3) is 0.750. The van der Waals surface area contributed by atoms with Crippen molar-refractivity contribution in [2.24, 2.45) is 17.4 Å². The number of nitrogens with two attached hydrogens (primary N) is 2. The van der Waals surface area contributed by atoms with Crippen LogP contribution in [0.15, 0.2) is 12.4 Å². The predicted octanol–water partition coefficient (Wildman–Crippen LogP) is 2.31. The van der Waals surface area contributed by atoms with E-state index in [2.05, 4.69) is 9.97 Å². The van der Waals surface area contributed by atoms with Crippen molar-refractivity contribution in [2.45, 2.75) is 56.3 Å². The molecule has 5 nitrogen and oxygen atoms in total. The molecule has 2 heterocycles. The molecule has 2 fully saturated rings. The number of piperidine rings is 1. The number of nitrogens with zero attached hydrogens (tertiary/aromatic N) is 3. The molecule has 0 aromatic carbocycles. The second-order valence-corrected chi connectivity index (χ2v) is 7.01. The fourth-order valence-electron chi connectivity index (χ4n) is 4.01. The molecule has 3 atom stereocenters. The van der Waals surface area contributed by atoms with E-state index in [1.54, 1.807) is 0 Å². The molecule has 1 aliphatic carbocycles. The molecule has 1 aromatic heterocycles. The first-order valence-electron chi connectivity index (χ1n) is 8.49. The van der Waals surface area contributed by atoms with Crippen LogP contribution in [-0.2, 0) is 6.18 Å². The lowest BCUT2D eigenvalue weighted by Gasteiger charge is -2.48. The molecule has 24 heavy (non-hydrogen) atoms. The molecular weight excluding hydrogens is 319 g/mol. The Labute approximate surface area is 139 Å². The molecule has 4 N–H and O–H groups in total. The minimum atomic E-state index is -4.47. The number of rotatable bonds is 2. The highest BCUT2D eigenvalue weighted by molar-refractivity contribution is 5.37. The maximum atomic E-state index is 12.6. The molecule has 0 spiro atoms. The molecule has 2 aliphatic rings. The quantitative estimate of drug-likeness (QED) is 0.861. The Balaban J connectivity index is 1.73. The van der Waals surface area contributed by atoms with Crippen LogP contribution in [0, 0.1) is 5.92 Å². The normalized spacial score (nSPS) is 32.0. The summed E-state index contributed by atoms with van der Waals surface area (Å²) in [6, 6.07) is -0.0186. The van der Waals surface area contributed by atoms with Gasteiger partial charge in [0, 0.05) is 24.7 Å². The van der Waals surface area contributed by atoms with Gasteiger partial charge in [0.2, 0.25) is 0 Å². The van der Waals surface area contributed by atoms with Gasteiger partial charge >= 0.3 is 6.18 Å². The van der Waals surface area contributed by atoms with Crippen molar-refractivity contribution in [3.63, 3.8) is 0 Å². The summed E-state index contributed by atoms with van der Waals surface area (Å²) in [6.45, 7) is 1.42. The van der Waals surface area contributed by atoms with E-state index in [-0.39, 0.29) is 12.0 Å². The van der Waals surface area contributed by atoms with Crippen LogP contribution in [-0.4, -0.2) is 34.6 Å². The van der Waals surface area contributed by atoms with Crippen molar-refractivity contribution in [1.82, 2.24) is 9.97 Å². The molecule has 0 bridgehead atoms. The van der Waals surface area contributed by atoms with Crippen molar-refractivity contribution >= 4 is 5.82 Å². The van der Waals surface area contributed by atoms with E-state index in [0.29, 0.717) is 12.4 Å². The van der Waals surface area contributed by atoms with E-state index in [0.717, 1.165) is 51.3 Å². The second-order valence-electron chi connectivity index (χ2n) is 7.01. The summed E-state index contributed by atoms with van der Waals surface area (Å²) in [5, 5.41) is 0. The summed E-state index contributed by atoms with van der Waals surface area (Å²) < 4.78 is 37.8. The van der Waals surface area contributed by atoms with E-state index < -0.39 is 17.4 Å². The average molecular weight is 343 g/mol. The van der Waals surface area contributed by atoms with Crippen LogP contribution < -0.4 is 16.4 Å². The van der Waals surface area contributed by atoms with Crippen LogP contribution >= 0.6 is 0 Å². The lowest BCUT2D eigenvalue weighted by molar-refractivity contribution is -0.141. The smallest absolute Gasteiger partial charge is 0.355 e. The van der Waals surface area contributed by atoms with Gasteiger partial charge in [-0.15, -0.1) is 0 Å². The number of halogens is 3. The topological polar surface area (TPSA) is 81.1 Å². The summed E-state index contributed by atoms with van der Waals surface area (Å²) in [4.78, 5) is 9.45. The molecule has 1 aromatic rings. The Morgan fingerprint density at radius 2 is 1.92 bits per heavy atom. The first kappa shape index (κ1) is 17.4. The Kier molecular flexibility index (Phi) is 4.70. The number of aromatic nitrogens is 2. The minimum Gasteiger partial charge on any atom is -0.355 e. The van der Waals surface area contributed by atoms with Gasteiger partial charge in [-0.2, -0.15) is 13.2 Å². The zero-order valence-corrected chi connectivity index (χ0v) is 13.6. The molecule has 1 saturated carbocycles. The van der Waals surface area contributed by atoms with Crippen LogP contribution in [0.1, 0.15) is 44.2 Å². The third-order valence-corrected chi connectivity index (χ3v) is 5.50. The van der Waals surface area contributed by atoms with Gasteiger partial charge in [0.25, 0.3) is 0 Å². The van der Waals surface area contributed by atoms with E-state index in [4.69, 9.17) is 11.5 Å². The third kappa shape index (κ3) is 3.35. The molecular formula is C16H24F3N5. The summed E-state index contributed by atoms with van der Waals surface area (Å²) >= 11 is 0. The van der Waals surface area contributed by atoms with Crippen LogP contribution in [0.5, 0.6) is 0 Å². The highest BCUT2D eigenvalue weighted by atomic mass is 19.4. The molecule has 1 aliphatic heterocycles. The molecule has 8 heteroatoms. The third-order valence-electron chi connectivity index (χ3n) is 5.50. The SMILES string of the molecule is NC1CCCCC1(N)C1CCCN(c2cnc(C(F)(F)F)cn2)C1. The fourth-order valence-corrected chi connectivity index (χ4v) is 4.01. The molecule has 134 valence electrons. The number of hydrogen-bond donors (Lipinski definition) is 2. The Morgan fingerprint density at radius 3 is 2.54 bits per heavy atom. The van der Waals surface area contributed by atoms with Gasteiger partial charge in [-0.1, -0.05) is 12.8 Å². The average Bonchev–Trinajstić information content (AvgIpc) is 2.57. The van der Waals surface area contributed by atoms with Crippen molar-refractivity contribution in [3.05, 3.63) is 18.1 Å². The highest BCUT2D eigenvalue weighted by Crippen LogP contribution is 2.37. The maximum Gasteiger partial charge on any atom is 0.434 e. The predicted molar refractivity (Wildman–Crippen MR) is 85.3 cm³/mol. The number of anilines is 1. The highest BCUT2D eigenvalue weighted by Gasteiger charge is 2.43. The van der Waals surface area contributed by atoms with Gasteiger partial charge in [-0.3, -0.25) is 0 Å². The summed E-state index contributed by atoms with van der Waals surface area (Å²) in [5.74, 6) is 0.700. The van der Waals surface area contributed by atoms with Crippen LogP contribution in [0.25, 0.3) is 0 Å². The van der Waals surface area contributed by atoms with Crippen LogP contribution in [0.2, 0.25) is 0 Å². The zero-order valence-electron chi connectivity index (χ0n) is 13.6. The Hall–Kier alpha value is -1.41. The van der Waals surface area contributed by atoms with Gasteiger partial charge in [0.15, 0.2) is 5.69 Å². The molecule has 3 unspecified atom stereocenters. The first-order chi connectivity index (χ1) is 11.3. The van der Waals surface area contributed by atoms with Gasteiger partial charge in [0.05, 0.1) is 12.4 Å². The molecule has 0 amide bonds. The van der Waals surface area contributed by atoms with E-state index >= 15 is 0 Å². The summed E-state index contributed by atoms with van der Waals surface area (Å²) in [7, 11) is 0. The first-order valence-corrected chi connectivity index (χ1v) is 8.49. The summed E-state index contributed by atoms with van der Waals surface area (Å²) in [5.41, 5.74) is 11.6. The van der Waals surface area contributed by atoms with Gasteiger partial charge < -0.3 is 16.4 Å². The van der Waals surface area contributed by atoms with Crippen molar-refractivity contribution < 1.29 is 13.2 Å². The van der Waals surface area contributed by atoms with Gasteiger partial charge in [-0.25, -0.2) is 9.97 Å². The Bertz CT molecular complexity index is 562. The van der Waals surface area contributed by atoms with Crippen molar-refractivity contribution in [1.29, 1.82) is 0 Å². The molecule has 3 rings (SSSR count). The maximum absolute atomic E-state index is 12.6. The van der Waals surface area contributed by atoms with Crippen LogP contribution in [0.3, 0.4) is 0 Å². The number of hydrogen-bond acceptors (Lipinski definition) is 5. The van der Waals surface area contributed by atoms with Crippen molar-refractivity contribution in [3.8, 4) is 0 Å². The lowest BCUT2D eigenvalue weighted by Crippen LogP contribution is -2.64. The minimum absolute atomic E-state index is 0.0186. The molecule has 1 saturated heterocycles. The van der Waals surface area contributed by atoms with Gasteiger partial charge in [-0.05, 0) is 31.6 Å². The van der Waals surface area contributed by atoms with E-state index in [9.17, 15) is 13.2 Å². The van der Waals surface area contributed by atoms with E-state index in [1.165, 1.54) is 6.20 Å². The standard InChI is InChI=1S/C16H24F3N5/c17-16(18,19)13-8-23-14(9-22-13)24-7-3-4-11(10-24)15(21)6-2-1-5-12(15)20/h8-9,11-12H,1-7,10,20-21H2. The summed E-state index contributed by atoms with van der Waals surface area (Å²) in [6.07, 6.45) is 3.50. The number of alkyl halides is 3. The van der Waals surface area contributed by atoms with Crippen molar-refractivity contribution in [2.75, 3.05) is 18.0 Å². The zero-order chi connectivity index (χ0) is 17.4. The van der Waals surface area contributed by atoms with Crippen LogP contribution in [0.4, 0.5) is 19.0 Å². The van der Waals surface area contributed by atoms with Gasteiger partial charge in [0.1, 0.15) is 5.82 Å².